The molecule has 1 aliphatic rings. The first-order chi connectivity index (χ1) is 12.5. The molecule has 0 radical (unpaired) electrons. The van der Waals surface area contributed by atoms with Gasteiger partial charge in [-0.1, -0.05) is 5.92 Å². The fourth-order valence-electron chi connectivity index (χ4n) is 2.61. The SMILES string of the molecule is C#CCNC(=O)C[C@@H]1O[C@H](CNC(=O)c2ccc(OC)cc2)[C@@H](O)[C@H]1O. The molecule has 0 aliphatic carbocycles. The molecule has 1 fully saturated rings. The number of ether oxygens (including phenoxy) is 2. The van der Waals surface area contributed by atoms with Crippen LogP contribution in [0.2, 0.25) is 0 Å². The van der Waals surface area contributed by atoms with Crippen LogP contribution in [-0.4, -0.2) is 66.6 Å². The Morgan fingerprint density at radius 2 is 1.85 bits per heavy atom. The van der Waals surface area contributed by atoms with Gasteiger partial charge in [-0.05, 0) is 24.3 Å². The highest BCUT2D eigenvalue weighted by atomic mass is 16.5. The van der Waals surface area contributed by atoms with Crippen LogP contribution >= 0.6 is 0 Å². The molecule has 8 nitrogen and oxygen atoms in total. The third kappa shape index (κ3) is 4.95. The van der Waals surface area contributed by atoms with Crippen LogP contribution in [0.25, 0.3) is 0 Å². The van der Waals surface area contributed by atoms with Crippen LogP contribution in [0.1, 0.15) is 16.8 Å². The maximum absolute atomic E-state index is 12.1. The van der Waals surface area contributed by atoms with Gasteiger partial charge in [-0.3, -0.25) is 9.59 Å². The largest absolute Gasteiger partial charge is 0.497 e. The predicted molar refractivity (Wildman–Crippen MR) is 92.5 cm³/mol. The number of methoxy groups -OCH3 is 1. The van der Waals surface area contributed by atoms with Crippen molar-refractivity contribution in [2.45, 2.75) is 30.8 Å². The third-order valence-corrected chi connectivity index (χ3v) is 4.05. The number of amides is 2. The Labute approximate surface area is 151 Å². The molecule has 1 aromatic carbocycles. The molecule has 8 heteroatoms. The summed E-state index contributed by atoms with van der Waals surface area (Å²) in [6.45, 7) is 0.0666. The average molecular weight is 362 g/mol. The van der Waals surface area contributed by atoms with Gasteiger partial charge in [-0.25, -0.2) is 0 Å². The molecule has 140 valence electrons. The fraction of sp³-hybridized carbons (Fsp3) is 0.444. The van der Waals surface area contributed by atoms with Crippen molar-refractivity contribution in [3.8, 4) is 18.1 Å². The smallest absolute Gasteiger partial charge is 0.251 e. The van der Waals surface area contributed by atoms with E-state index in [1.807, 2.05) is 0 Å². The molecule has 2 amide bonds. The lowest BCUT2D eigenvalue weighted by Crippen LogP contribution is -2.40. The lowest BCUT2D eigenvalue weighted by Gasteiger charge is -2.15. The van der Waals surface area contributed by atoms with E-state index in [9.17, 15) is 19.8 Å². The van der Waals surface area contributed by atoms with Gasteiger partial charge in [0.25, 0.3) is 5.91 Å². The zero-order valence-corrected chi connectivity index (χ0v) is 14.3. The summed E-state index contributed by atoms with van der Waals surface area (Å²) in [4.78, 5) is 23.8. The summed E-state index contributed by atoms with van der Waals surface area (Å²) in [7, 11) is 1.53. The van der Waals surface area contributed by atoms with Crippen LogP contribution in [-0.2, 0) is 9.53 Å². The van der Waals surface area contributed by atoms with Crippen LogP contribution in [0.4, 0.5) is 0 Å². The van der Waals surface area contributed by atoms with Crippen LogP contribution < -0.4 is 15.4 Å². The van der Waals surface area contributed by atoms with Crippen molar-refractivity contribution in [2.75, 3.05) is 20.2 Å². The summed E-state index contributed by atoms with van der Waals surface area (Å²) in [5.74, 6) is 2.16. The predicted octanol–water partition coefficient (Wildman–Crippen LogP) is -0.946. The molecule has 4 atom stereocenters. The molecule has 0 saturated carbocycles. The van der Waals surface area contributed by atoms with E-state index in [0.717, 1.165) is 0 Å². The van der Waals surface area contributed by atoms with Crippen molar-refractivity contribution in [3.05, 3.63) is 29.8 Å². The first kappa shape index (κ1) is 19.7. The first-order valence-electron chi connectivity index (χ1n) is 8.10. The summed E-state index contributed by atoms with van der Waals surface area (Å²) >= 11 is 0. The van der Waals surface area contributed by atoms with Crippen LogP contribution in [0.3, 0.4) is 0 Å². The lowest BCUT2D eigenvalue weighted by molar-refractivity contribution is -0.124. The highest BCUT2D eigenvalue weighted by Crippen LogP contribution is 2.23. The number of terminal acetylenes is 1. The molecule has 0 unspecified atom stereocenters. The van der Waals surface area contributed by atoms with Gasteiger partial charge < -0.3 is 30.3 Å². The highest BCUT2D eigenvalue weighted by Gasteiger charge is 2.43. The van der Waals surface area contributed by atoms with Crippen molar-refractivity contribution >= 4 is 11.8 Å². The molecular formula is C18H22N2O6. The van der Waals surface area contributed by atoms with E-state index in [0.29, 0.717) is 11.3 Å². The number of carbonyl (C=O) groups is 2. The summed E-state index contributed by atoms with van der Waals surface area (Å²) in [6, 6.07) is 6.52. The van der Waals surface area contributed by atoms with Gasteiger partial charge in [0, 0.05) is 12.1 Å². The number of hydrogen-bond acceptors (Lipinski definition) is 6. The van der Waals surface area contributed by atoms with Crippen LogP contribution in [0, 0.1) is 12.3 Å². The lowest BCUT2D eigenvalue weighted by atomic mass is 10.1. The molecular weight excluding hydrogens is 340 g/mol. The minimum atomic E-state index is -1.23. The van der Waals surface area contributed by atoms with Crippen LogP contribution in [0.5, 0.6) is 5.75 Å². The molecule has 2 rings (SSSR count). The van der Waals surface area contributed by atoms with Gasteiger partial charge in [0.1, 0.15) is 24.1 Å². The Hall–Kier alpha value is -2.60. The van der Waals surface area contributed by atoms with Gasteiger partial charge >= 0.3 is 0 Å². The van der Waals surface area contributed by atoms with Crippen molar-refractivity contribution in [1.29, 1.82) is 0 Å². The van der Waals surface area contributed by atoms with E-state index in [1.165, 1.54) is 7.11 Å². The average Bonchev–Trinajstić information content (AvgIpc) is 2.92. The zero-order chi connectivity index (χ0) is 19.1. The molecule has 4 N–H and O–H groups in total. The second-order valence-corrected chi connectivity index (χ2v) is 5.82. The molecule has 0 aromatic heterocycles. The quantitative estimate of drug-likeness (QED) is 0.465. The summed E-state index contributed by atoms with van der Waals surface area (Å²) in [5, 5.41) is 25.2. The molecule has 1 aliphatic heterocycles. The topological polar surface area (TPSA) is 117 Å². The summed E-state index contributed by atoms with van der Waals surface area (Å²) in [6.07, 6.45) is 0.790. The Balaban J connectivity index is 1.86. The van der Waals surface area contributed by atoms with Crippen LogP contribution in [0.15, 0.2) is 24.3 Å². The van der Waals surface area contributed by atoms with E-state index in [4.69, 9.17) is 15.9 Å². The first-order valence-corrected chi connectivity index (χ1v) is 8.10. The Morgan fingerprint density at radius 1 is 1.19 bits per heavy atom. The maximum Gasteiger partial charge on any atom is 0.251 e. The van der Waals surface area contributed by atoms with E-state index >= 15 is 0 Å². The summed E-state index contributed by atoms with van der Waals surface area (Å²) < 4.78 is 10.5. The maximum atomic E-state index is 12.1. The molecule has 26 heavy (non-hydrogen) atoms. The molecule has 0 bridgehead atoms. The number of aliphatic hydroxyl groups is 2. The Morgan fingerprint density at radius 3 is 2.46 bits per heavy atom. The van der Waals surface area contributed by atoms with E-state index in [-0.39, 0.29) is 31.3 Å². The standard InChI is InChI=1S/C18H22N2O6/c1-3-8-19-15(21)9-13-16(22)17(23)14(26-13)10-20-18(24)11-4-6-12(25-2)7-5-11/h1,4-7,13-14,16-17,22-23H,8-10H2,2H3,(H,19,21)(H,20,24)/t13-,14+,16-,17+/m0/s1. The second kappa shape index (κ2) is 9.20. The number of carbonyl (C=O) groups excluding carboxylic acids is 2. The Bertz CT molecular complexity index is 669. The third-order valence-electron chi connectivity index (χ3n) is 4.05. The molecule has 1 heterocycles. The normalized spacial score (nSPS) is 24.5. The molecule has 0 spiro atoms. The van der Waals surface area contributed by atoms with Crippen molar-refractivity contribution in [2.24, 2.45) is 0 Å². The number of nitrogens with one attached hydrogen (secondary N) is 2. The van der Waals surface area contributed by atoms with Gasteiger partial charge in [-0.2, -0.15) is 0 Å². The van der Waals surface area contributed by atoms with E-state index < -0.39 is 24.4 Å². The van der Waals surface area contributed by atoms with Crippen molar-refractivity contribution in [3.63, 3.8) is 0 Å². The van der Waals surface area contributed by atoms with Gasteiger partial charge in [-0.15, -0.1) is 6.42 Å². The van der Waals surface area contributed by atoms with Gasteiger partial charge in [0.15, 0.2) is 0 Å². The molecule has 1 aromatic rings. The molecule has 1 saturated heterocycles. The summed E-state index contributed by atoms with van der Waals surface area (Å²) in [5.41, 5.74) is 0.420. The second-order valence-electron chi connectivity index (χ2n) is 5.82. The van der Waals surface area contributed by atoms with E-state index in [2.05, 4.69) is 16.6 Å². The van der Waals surface area contributed by atoms with Crippen molar-refractivity contribution < 1.29 is 29.3 Å². The van der Waals surface area contributed by atoms with E-state index in [1.54, 1.807) is 24.3 Å². The fourth-order valence-corrected chi connectivity index (χ4v) is 2.61. The minimum absolute atomic E-state index is 0.00837. The number of rotatable bonds is 7. The zero-order valence-electron chi connectivity index (χ0n) is 14.3. The number of hydrogen-bond donors (Lipinski definition) is 4. The monoisotopic (exact) mass is 362 g/mol. The van der Waals surface area contributed by atoms with Gasteiger partial charge in [0.2, 0.25) is 5.91 Å². The van der Waals surface area contributed by atoms with Gasteiger partial charge in [0.05, 0.1) is 26.2 Å². The Kier molecular flexibility index (Phi) is 6.97. The van der Waals surface area contributed by atoms with Crippen molar-refractivity contribution in [1.82, 2.24) is 10.6 Å². The highest BCUT2D eigenvalue weighted by molar-refractivity contribution is 5.94. The number of aliphatic hydroxyl groups excluding tert-OH is 2. The number of benzene rings is 1. The minimum Gasteiger partial charge on any atom is -0.497 e.